The van der Waals surface area contributed by atoms with Gasteiger partial charge in [0.25, 0.3) is 0 Å². The molecule has 0 radical (unpaired) electrons. The van der Waals surface area contributed by atoms with Crippen LogP contribution in [0.4, 0.5) is 11.5 Å². The maximum atomic E-state index is 12.7. The molecule has 1 heterocycles. The number of aromatic nitrogens is 2. The largest absolute Gasteiger partial charge is 0.367 e. The number of para-hydroxylation sites is 1. The van der Waals surface area contributed by atoms with Gasteiger partial charge < -0.3 is 10.6 Å². The van der Waals surface area contributed by atoms with Gasteiger partial charge in [-0.05, 0) is 49.6 Å². The van der Waals surface area contributed by atoms with Crippen LogP contribution < -0.4 is 16.3 Å². The second-order valence-electron chi connectivity index (χ2n) is 7.48. The Kier molecular flexibility index (Phi) is 5.53. The number of anilines is 2. The molecule has 1 fully saturated rings. The number of benzene rings is 2. The number of carbonyl (C=O) groups is 1. The van der Waals surface area contributed by atoms with Crippen molar-refractivity contribution in [3.05, 3.63) is 63.5 Å². The van der Waals surface area contributed by atoms with E-state index < -0.39 is 5.69 Å². The third-order valence-corrected chi connectivity index (χ3v) is 5.75. The summed E-state index contributed by atoms with van der Waals surface area (Å²) in [6.07, 6.45) is 4.55. The van der Waals surface area contributed by atoms with Gasteiger partial charge in [-0.2, -0.15) is 4.98 Å². The number of halogens is 1. The van der Waals surface area contributed by atoms with Crippen LogP contribution in [0.5, 0.6) is 0 Å². The van der Waals surface area contributed by atoms with Crippen molar-refractivity contribution in [2.45, 2.75) is 45.2 Å². The van der Waals surface area contributed by atoms with Gasteiger partial charge in [-0.1, -0.05) is 42.6 Å². The number of nitrogens with one attached hydrogen (secondary N) is 2. The van der Waals surface area contributed by atoms with Gasteiger partial charge in [0.1, 0.15) is 12.4 Å². The smallest absolute Gasteiger partial charge is 0.350 e. The van der Waals surface area contributed by atoms with Crippen LogP contribution >= 0.6 is 11.6 Å². The first-order valence-electron chi connectivity index (χ1n) is 9.83. The van der Waals surface area contributed by atoms with Gasteiger partial charge in [-0.25, -0.2) is 4.79 Å². The summed E-state index contributed by atoms with van der Waals surface area (Å²) in [5.74, 6) is 0.287. The van der Waals surface area contributed by atoms with Crippen molar-refractivity contribution in [2.24, 2.45) is 0 Å². The molecule has 1 aliphatic rings. The average molecular weight is 411 g/mol. The van der Waals surface area contributed by atoms with E-state index in [-0.39, 0.29) is 12.5 Å². The highest BCUT2D eigenvalue weighted by atomic mass is 35.5. The molecule has 0 saturated heterocycles. The number of carbonyl (C=O) groups excluding carboxylic acids is 1. The van der Waals surface area contributed by atoms with Crippen molar-refractivity contribution in [1.82, 2.24) is 9.55 Å². The van der Waals surface area contributed by atoms with E-state index in [1.807, 2.05) is 37.3 Å². The Hall–Kier alpha value is -2.86. The highest BCUT2D eigenvalue weighted by Crippen LogP contribution is 2.25. The minimum atomic E-state index is -0.443. The summed E-state index contributed by atoms with van der Waals surface area (Å²) in [4.78, 5) is 29.6. The standard InChI is InChI=1S/C22H23ClN4O2/c1-14-10-11-16(12-18(14)23)24-20(28)13-27-19-9-5-4-8-17(19)21(26-22(27)29)25-15-6-2-3-7-15/h4-5,8-12,15H,2-3,6-7,13H2,1H3,(H,24,28)(H,25,26,29). The first kappa shape index (κ1) is 19.5. The Labute approximate surface area is 173 Å². The van der Waals surface area contributed by atoms with Crippen molar-refractivity contribution in [1.29, 1.82) is 0 Å². The molecule has 0 bridgehead atoms. The zero-order valence-corrected chi connectivity index (χ0v) is 17.0. The molecule has 4 rings (SSSR count). The van der Waals surface area contributed by atoms with Gasteiger partial charge in [0.2, 0.25) is 5.91 Å². The molecule has 0 aliphatic heterocycles. The Morgan fingerprint density at radius 1 is 1.21 bits per heavy atom. The lowest BCUT2D eigenvalue weighted by Crippen LogP contribution is -2.31. The van der Waals surface area contributed by atoms with Crippen LogP contribution in [0, 0.1) is 6.92 Å². The highest BCUT2D eigenvalue weighted by Gasteiger charge is 2.18. The highest BCUT2D eigenvalue weighted by molar-refractivity contribution is 6.31. The quantitative estimate of drug-likeness (QED) is 0.655. The predicted molar refractivity (Wildman–Crippen MR) is 117 cm³/mol. The molecular weight excluding hydrogens is 388 g/mol. The third-order valence-electron chi connectivity index (χ3n) is 5.34. The zero-order valence-electron chi connectivity index (χ0n) is 16.2. The molecule has 0 unspecified atom stereocenters. The van der Waals surface area contributed by atoms with Crippen LogP contribution in [0.25, 0.3) is 10.9 Å². The van der Waals surface area contributed by atoms with Gasteiger partial charge >= 0.3 is 5.69 Å². The normalized spacial score (nSPS) is 14.3. The summed E-state index contributed by atoms with van der Waals surface area (Å²) >= 11 is 6.12. The van der Waals surface area contributed by atoms with Crippen LogP contribution in [0.2, 0.25) is 5.02 Å². The molecule has 6 nitrogen and oxygen atoms in total. The van der Waals surface area contributed by atoms with Crippen molar-refractivity contribution in [3.8, 4) is 0 Å². The van der Waals surface area contributed by atoms with E-state index in [0.717, 1.165) is 23.8 Å². The molecular formula is C22H23ClN4O2. The lowest BCUT2D eigenvalue weighted by Gasteiger charge is -2.17. The summed E-state index contributed by atoms with van der Waals surface area (Å²) in [6.45, 7) is 1.77. The predicted octanol–water partition coefficient (Wildman–Crippen LogP) is 4.35. The number of hydrogen-bond acceptors (Lipinski definition) is 4. The van der Waals surface area contributed by atoms with Crippen LogP contribution in [-0.4, -0.2) is 21.5 Å². The first-order chi connectivity index (χ1) is 14.0. The summed E-state index contributed by atoms with van der Waals surface area (Å²) in [7, 11) is 0. The fraction of sp³-hybridized carbons (Fsp3) is 0.318. The molecule has 29 heavy (non-hydrogen) atoms. The molecule has 2 aromatic carbocycles. The number of rotatable bonds is 5. The minimum Gasteiger partial charge on any atom is -0.367 e. The first-order valence-corrected chi connectivity index (χ1v) is 10.2. The Morgan fingerprint density at radius 2 is 1.97 bits per heavy atom. The molecule has 3 aromatic rings. The van der Waals surface area contributed by atoms with Gasteiger partial charge in [-0.3, -0.25) is 9.36 Å². The molecule has 0 spiro atoms. The van der Waals surface area contributed by atoms with Crippen molar-refractivity contribution < 1.29 is 4.79 Å². The molecule has 0 atom stereocenters. The van der Waals surface area contributed by atoms with Crippen molar-refractivity contribution >= 4 is 39.9 Å². The maximum absolute atomic E-state index is 12.7. The van der Waals surface area contributed by atoms with E-state index in [1.165, 1.54) is 17.4 Å². The summed E-state index contributed by atoms with van der Waals surface area (Å²) in [6, 6.07) is 13.2. The Balaban J connectivity index is 1.61. The topological polar surface area (TPSA) is 76.0 Å². The number of amides is 1. The van der Waals surface area contributed by atoms with E-state index in [2.05, 4.69) is 15.6 Å². The van der Waals surface area contributed by atoms with Crippen LogP contribution in [0.3, 0.4) is 0 Å². The van der Waals surface area contributed by atoms with Gasteiger partial charge in [0.15, 0.2) is 0 Å². The maximum Gasteiger partial charge on any atom is 0.350 e. The van der Waals surface area contributed by atoms with Crippen LogP contribution in [0.15, 0.2) is 47.3 Å². The molecule has 7 heteroatoms. The van der Waals surface area contributed by atoms with E-state index in [9.17, 15) is 9.59 Å². The van der Waals surface area contributed by atoms with Crippen molar-refractivity contribution in [3.63, 3.8) is 0 Å². The van der Waals surface area contributed by atoms with E-state index in [0.29, 0.717) is 28.1 Å². The van der Waals surface area contributed by atoms with Crippen LogP contribution in [-0.2, 0) is 11.3 Å². The number of hydrogen-bond donors (Lipinski definition) is 2. The zero-order chi connectivity index (χ0) is 20.4. The SMILES string of the molecule is Cc1ccc(NC(=O)Cn2c(=O)nc(NC3CCCC3)c3ccccc32)cc1Cl. The summed E-state index contributed by atoms with van der Waals surface area (Å²) in [5.41, 5.74) is 1.77. The fourth-order valence-corrected chi connectivity index (χ4v) is 3.95. The fourth-order valence-electron chi connectivity index (χ4n) is 3.77. The second-order valence-corrected chi connectivity index (χ2v) is 7.89. The second kappa shape index (κ2) is 8.25. The number of fused-ring (bicyclic) bond motifs is 1. The lowest BCUT2D eigenvalue weighted by molar-refractivity contribution is -0.116. The molecule has 1 aromatic heterocycles. The summed E-state index contributed by atoms with van der Waals surface area (Å²) in [5, 5.41) is 7.63. The van der Waals surface area contributed by atoms with Gasteiger partial charge in [0.05, 0.1) is 5.52 Å². The minimum absolute atomic E-state index is 0.123. The lowest BCUT2D eigenvalue weighted by atomic mass is 10.2. The van der Waals surface area contributed by atoms with E-state index >= 15 is 0 Å². The summed E-state index contributed by atoms with van der Waals surface area (Å²) < 4.78 is 1.40. The Morgan fingerprint density at radius 3 is 2.72 bits per heavy atom. The molecule has 1 aliphatic carbocycles. The Bertz CT molecular complexity index is 1120. The number of nitrogens with zero attached hydrogens (tertiary/aromatic N) is 2. The van der Waals surface area contributed by atoms with E-state index in [4.69, 9.17) is 11.6 Å². The number of aryl methyl sites for hydroxylation is 1. The van der Waals surface area contributed by atoms with Gasteiger partial charge in [0, 0.05) is 22.1 Å². The molecule has 1 saturated carbocycles. The van der Waals surface area contributed by atoms with Crippen LogP contribution in [0.1, 0.15) is 31.2 Å². The average Bonchev–Trinajstić information content (AvgIpc) is 3.21. The molecule has 1 amide bonds. The van der Waals surface area contributed by atoms with Crippen molar-refractivity contribution in [2.75, 3.05) is 10.6 Å². The molecule has 2 N–H and O–H groups in total. The monoisotopic (exact) mass is 410 g/mol. The van der Waals surface area contributed by atoms with Gasteiger partial charge in [-0.15, -0.1) is 0 Å². The third kappa shape index (κ3) is 4.27. The van der Waals surface area contributed by atoms with E-state index in [1.54, 1.807) is 12.1 Å². The molecule has 150 valence electrons.